The van der Waals surface area contributed by atoms with Crippen molar-refractivity contribution in [3.63, 3.8) is 0 Å². The standard InChI is InChI=1S/C16H14ClN3O2/c17-11-7-4-8-12-15(11)16(22)20(10-5-2-1-3-6-10)14(19-12)9-13(18)21/h1-8,13,21H,9,18H2. The normalized spacial score (nSPS) is 12.5. The van der Waals surface area contributed by atoms with Crippen molar-refractivity contribution in [2.75, 3.05) is 0 Å². The summed E-state index contributed by atoms with van der Waals surface area (Å²) in [5.41, 5.74) is 6.33. The molecule has 0 saturated carbocycles. The van der Waals surface area contributed by atoms with Gasteiger partial charge in [-0.05, 0) is 24.3 Å². The lowest BCUT2D eigenvalue weighted by Crippen LogP contribution is -2.30. The third-order valence-electron chi connectivity index (χ3n) is 3.32. The van der Waals surface area contributed by atoms with Gasteiger partial charge in [-0.3, -0.25) is 9.36 Å². The zero-order valence-corrected chi connectivity index (χ0v) is 12.4. The number of nitrogens with zero attached hydrogens (tertiary/aromatic N) is 2. The van der Waals surface area contributed by atoms with Gasteiger partial charge in [0.05, 0.1) is 21.6 Å². The van der Waals surface area contributed by atoms with Gasteiger partial charge in [-0.25, -0.2) is 4.98 Å². The highest BCUT2D eigenvalue weighted by Crippen LogP contribution is 2.20. The summed E-state index contributed by atoms with van der Waals surface area (Å²) in [5, 5.41) is 10.2. The second-order valence-corrected chi connectivity index (χ2v) is 5.32. The van der Waals surface area contributed by atoms with Crippen LogP contribution < -0.4 is 11.3 Å². The Kier molecular flexibility index (Phi) is 3.94. The Hall–Kier alpha value is -2.21. The minimum Gasteiger partial charge on any atom is -0.378 e. The number of benzene rings is 2. The van der Waals surface area contributed by atoms with Crippen LogP contribution in [0.4, 0.5) is 0 Å². The number of para-hydroxylation sites is 1. The Morgan fingerprint density at radius 1 is 1.18 bits per heavy atom. The van der Waals surface area contributed by atoms with Crippen LogP contribution in [-0.4, -0.2) is 20.9 Å². The van der Waals surface area contributed by atoms with Crippen LogP contribution in [0.25, 0.3) is 16.6 Å². The predicted octanol–water partition coefficient (Wildman–Crippen LogP) is 1.86. The van der Waals surface area contributed by atoms with E-state index in [0.29, 0.717) is 27.4 Å². The fourth-order valence-corrected chi connectivity index (χ4v) is 2.65. The van der Waals surface area contributed by atoms with Crippen LogP contribution in [0.2, 0.25) is 5.02 Å². The molecule has 0 bridgehead atoms. The SMILES string of the molecule is NC(O)Cc1nc2cccc(Cl)c2c(=O)n1-c1ccccc1. The van der Waals surface area contributed by atoms with Crippen LogP contribution in [-0.2, 0) is 6.42 Å². The third-order valence-corrected chi connectivity index (χ3v) is 3.64. The summed E-state index contributed by atoms with van der Waals surface area (Å²) in [6, 6.07) is 14.2. The number of aromatic nitrogens is 2. The van der Waals surface area contributed by atoms with E-state index in [2.05, 4.69) is 4.98 Å². The molecule has 0 aliphatic carbocycles. The average molecular weight is 316 g/mol. The lowest BCUT2D eigenvalue weighted by atomic mass is 10.2. The predicted molar refractivity (Wildman–Crippen MR) is 86.2 cm³/mol. The number of fused-ring (bicyclic) bond motifs is 1. The molecule has 2 aromatic carbocycles. The minimum atomic E-state index is -1.10. The molecular formula is C16H14ClN3O2. The van der Waals surface area contributed by atoms with Crippen molar-refractivity contribution in [1.82, 2.24) is 9.55 Å². The number of nitrogens with two attached hydrogens (primary N) is 1. The van der Waals surface area contributed by atoms with Gasteiger partial charge in [0, 0.05) is 6.42 Å². The van der Waals surface area contributed by atoms with Gasteiger partial charge in [0.15, 0.2) is 0 Å². The molecular weight excluding hydrogens is 302 g/mol. The molecule has 0 amide bonds. The lowest BCUT2D eigenvalue weighted by molar-refractivity contribution is 0.179. The smallest absolute Gasteiger partial charge is 0.267 e. The first-order valence-corrected chi connectivity index (χ1v) is 7.15. The Bertz CT molecular complexity index is 876. The van der Waals surface area contributed by atoms with Crippen molar-refractivity contribution in [3.05, 3.63) is 69.7 Å². The van der Waals surface area contributed by atoms with E-state index in [1.54, 1.807) is 30.3 Å². The maximum absolute atomic E-state index is 12.9. The number of aliphatic hydroxyl groups is 1. The third kappa shape index (κ3) is 2.62. The number of rotatable bonds is 3. The zero-order chi connectivity index (χ0) is 15.7. The molecule has 1 aromatic heterocycles. The van der Waals surface area contributed by atoms with Crippen molar-refractivity contribution < 1.29 is 5.11 Å². The van der Waals surface area contributed by atoms with Gasteiger partial charge >= 0.3 is 0 Å². The fourth-order valence-electron chi connectivity index (χ4n) is 2.40. The molecule has 0 spiro atoms. The van der Waals surface area contributed by atoms with Crippen LogP contribution >= 0.6 is 11.6 Å². The van der Waals surface area contributed by atoms with Gasteiger partial charge in [-0.15, -0.1) is 0 Å². The molecule has 1 atom stereocenters. The van der Waals surface area contributed by atoms with Crippen molar-refractivity contribution in [1.29, 1.82) is 0 Å². The number of hydrogen-bond donors (Lipinski definition) is 2. The molecule has 3 rings (SSSR count). The minimum absolute atomic E-state index is 0.0621. The van der Waals surface area contributed by atoms with E-state index in [0.717, 1.165) is 0 Å². The van der Waals surface area contributed by atoms with Crippen molar-refractivity contribution >= 4 is 22.5 Å². The van der Waals surface area contributed by atoms with Crippen molar-refractivity contribution in [3.8, 4) is 5.69 Å². The first kappa shape index (κ1) is 14.7. The summed E-state index contributed by atoms with van der Waals surface area (Å²) >= 11 is 6.15. The summed E-state index contributed by atoms with van der Waals surface area (Å²) in [4.78, 5) is 17.3. The van der Waals surface area contributed by atoms with Crippen LogP contribution in [0.3, 0.4) is 0 Å². The molecule has 0 saturated heterocycles. The first-order chi connectivity index (χ1) is 10.6. The zero-order valence-electron chi connectivity index (χ0n) is 11.6. The van der Waals surface area contributed by atoms with Gasteiger partial charge < -0.3 is 10.8 Å². The summed E-state index contributed by atoms with van der Waals surface area (Å²) < 4.78 is 1.43. The Morgan fingerprint density at radius 3 is 2.59 bits per heavy atom. The van der Waals surface area contributed by atoms with Gasteiger partial charge in [-0.1, -0.05) is 35.9 Å². The van der Waals surface area contributed by atoms with Gasteiger partial charge in [0.1, 0.15) is 12.1 Å². The van der Waals surface area contributed by atoms with Gasteiger partial charge in [0.2, 0.25) is 0 Å². The Morgan fingerprint density at radius 2 is 1.91 bits per heavy atom. The second kappa shape index (κ2) is 5.88. The van der Waals surface area contributed by atoms with E-state index in [-0.39, 0.29) is 12.0 Å². The van der Waals surface area contributed by atoms with E-state index in [1.807, 2.05) is 18.2 Å². The fraction of sp³-hybridized carbons (Fsp3) is 0.125. The van der Waals surface area contributed by atoms with Crippen LogP contribution in [0.5, 0.6) is 0 Å². The molecule has 0 aliphatic rings. The molecule has 1 unspecified atom stereocenters. The van der Waals surface area contributed by atoms with E-state index in [9.17, 15) is 9.90 Å². The highest BCUT2D eigenvalue weighted by atomic mass is 35.5. The highest BCUT2D eigenvalue weighted by Gasteiger charge is 2.16. The summed E-state index contributed by atoms with van der Waals surface area (Å²) in [6.07, 6.45) is -1.04. The summed E-state index contributed by atoms with van der Waals surface area (Å²) in [5.74, 6) is 0.390. The van der Waals surface area contributed by atoms with E-state index >= 15 is 0 Å². The molecule has 112 valence electrons. The van der Waals surface area contributed by atoms with E-state index in [1.165, 1.54) is 4.57 Å². The highest BCUT2D eigenvalue weighted by molar-refractivity contribution is 6.35. The monoisotopic (exact) mass is 315 g/mol. The summed E-state index contributed by atoms with van der Waals surface area (Å²) in [7, 11) is 0. The van der Waals surface area contributed by atoms with E-state index < -0.39 is 6.23 Å². The second-order valence-electron chi connectivity index (χ2n) is 4.91. The van der Waals surface area contributed by atoms with Crippen LogP contribution in [0.1, 0.15) is 5.82 Å². The quantitative estimate of drug-likeness (QED) is 0.723. The molecule has 5 nitrogen and oxygen atoms in total. The maximum atomic E-state index is 12.9. The first-order valence-electron chi connectivity index (χ1n) is 6.77. The molecule has 22 heavy (non-hydrogen) atoms. The molecule has 3 aromatic rings. The molecule has 1 heterocycles. The largest absolute Gasteiger partial charge is 0.378 e. The molecule has 3 N–H and O–H groups in total. The molecule has 0 aliphatic heterocycles. The van der Waals surface area contributed by atoms with Crippen molar-refractivity contribution in [2.45, 2.75) is 12.6 Å². The topological polar surface area (TPSA) is 81.1 Å². The van der Waals surface area contributed by atoms with Crippen LogP contribution in [0.15, 0.2) is 53.3 Å². The number of halogens is 1. The lowest BCUT2D eigenvalue weighted by Gasteiger charge is -2.15. The number of hydrogen-bond acceptors (Lipinski definition) is 4. The number of aliphatic hydroxyl groups excluding tert-OH is 1. The molecule has 0 fully saturated rings. The van der Waals surface area contributed by atoms with Crippen molar-refractivity contribution in [2.24, 2.45) is 5.73 Å². The molecule has 6 heteroatoms. The maximum Gasteiger partial charge on any atom is 0.267 e. The Labute approximate surface area is 131 Å². The average Bonchev–Trinajstić information content (AvgIpc) is 2.47. The summed E-state index contributed by atoms with van der Waals surface area (Å²) in [6.45, 7) is 0. The van der Waals surface area contributed by atoms with Crippen LogP contribution in [0, 0.1) is 0 Å². The van der Waals surface area contributed by atoms with Gasteiger partial charge in [-0.2, -0.15) is 0 Å². The van der Waals surface area contributed by atoms with Gasteiger partial charge in [0.25, 0.3) is 5.56 Å². The molecule has 0 radical (unpaired) electrons. The Balaban J connectivity index is 2.39. The van der Waals surface area contributed by atoms with E-state index in [4.69, 9.17) is 17.3 Å².